The topological polar surface area (TPSA) is 35.5 Å². The van der Waals surface area contributed by atoms with Gasteiger partial charge in [-0.3, -0.25) is 4.57 Å². The van der Waals surface area contributed by atoms with Gasteiger partial charge in [0.2, 0.25) is 0 Å². The minimum absolute atomic E-state index is 0.472. The Hall–Kier alpha value is 0.150. The highest BCUT2D eigenvalue weighted by Gasteiger charge is 2.22. The Labute approximate surface area is 113 Å². The van der Waals surface area contributed by atoms with E-state index in [0.717, 1.165) is 25.7 Å². The molecule has 0 aliphatic heterocycles. The molecule has 0 rings (SSSR count). The molecule has 0 spiro atoms. The summed E-state index contributed by atoms with van der Waals surface area (Å²) in [5, 5.41) is 0. The van der Waals surface area contributed by atoms with Crippen LogP contribution in [0, 0.1) is 0 Å². The Morgan fingerprint density at radius 3 is 1.94 bits per heavy atom. The molecule has 0 aliphatic carbocycles. The molecular weight excluding hydrogens is 247 g/mol. The Kier molecular flexibility index (Phi) is 12.3. The second kappa shape index (κ2) is 12.2. The van der Waals surface area contributed by atoms with Crippen molar-refractivity contribution in [3.8, 4) is 0 Å². The van der Waals surface area contributed by atoms with Crippen LogP contribution in [0.5, 0.6) is 0 Å². The van der Waals surface area contributed by atoms with Gasteiger partial charge in [0.25, 0.3) is 0 Å². The highest BCUT2D eigenvalue weighted by molar-refractivity contribution is 7.53. The Morgan fingerprint density at radius 2 is 1.39 bits per heavy atom. The molecule has 0 heterocycles. The molecule has 0 aromatic carbocycles. The number of hydrogen-bond acceptors (Lipinski definition) is 3. The average Bonchev–Trinajstić information content (AvgIpc) is 2.35. The van der Waals surface area contributed by atoms with Crippen molar-refractivity contribution >= 4 is 7.60 Å². The summed E-state index contributed by atoms with van der Waals surface area (Å²) in [7, 11) is -2.81. The normalized spacial score (nSPS) is 14.6. The minimum Gasteiger partial charge on any atom is -0.309 e. The quantitative estimate of drug-likeness (QED) is 0.334. The van der Waals surface area contributed by atoms with Gasteiger partial charge in [0.15, 0.2) is 0 Å². The van der Waals surface area contributed by atoms with Crippen LogP contribution in [0.15, 0.2) is 0 Å². The first-order valence-electron chi connectivity index (χ1n) is 7.56. The van der Waals surface area contributed by atoms with Crippen LogP contribution < -0.4 is 0 Å². The van der Waals surface area contributed by atoms with Gasteiger partial charge in [-0.1, -0.05) is 52.4 Å². The van der Waals surface area contributed by atoms with Crippen LogP contribution in [0.25, 0.3) is 0 Å². The third kappa shape index (κ3) is 10.1. The van der Waals surface area contributed by atoms with Crippen molar-refractivity contribution in [1.29, 1.82) is 0 Å². The summed E-state index contributed by atoms with van der Waals surface area (Å²) in [4.78, 5) is 0. The second-order valence-electron chi connectivity index (χ2n) is 4.71. The Morgan fingerprint density at radius 1 is 0.778 bits per heavy atom. The van der Waals surface area contributed by atoms with Gasteiger partial charge in [-0.2, -0.15) is 0 Å². The predicted molar refractivity (Wildman–Crippen MR) is 78.3 cm³/mol. The zero-order valence-corrected chi connectivity index (χ0v) is 13.3. The first-order valence-corrected chi connectivity index (χ1v) is 9.29. The van der Waals surface area contributed by atoms with Crippen molar-refractivity contribution in [2.45, 2.75) is 72.1 Å². The van der Waals surface area contributed by atoms with E-state index in [-0.39, 0.29) is 0 Å². The van der Waals surface area contributed by atoms with Gasteiger partial charge in [-0.15, -0.1) is 0 Å². The van der Waals surface area contributed by atoms with Crippen molar-refractivity contribution in [3.63, 3.8) is 0 Å². The molecule has 0 aliphatic rings. The molecule has 0 fully saturated rings. The maximum absolute atomic E-state index is 12.4. The van der Waals surface area contributed by atoms with Gasteiger partial charge < -0.3 is 9.05 Å². The summed E-state index contributed by atoms with van der Waals surface area (Å²) in [6, 6.07) is 0. The van der Waals surface area contributed by atoms with E-state index in [1.165, 1.54) is 25.7 Å². The molecule has 0 saturated carbocycles. The molecule has 0 amide bonds. The molecule has 0 aromatic heterocycles. The van der Waals surface area contributed by atoms with Crippen molar-refractivity contribution in [2.75, 3.05) is 19.4 Å². The molecule has 0 N–H and O–H groups in total. The summed E-state index contributed by atoms with van der Waals surface area (Å²) < 4.78 is 23.2. The molecule has 110 valence electrons. The molecule has 3 nitrogen and oxygen atoms in total. The van der Waals surface area contributed by atoms with E-state index in [4.69, 9.17) is 9.05 Å². The van der Waals surface area contributed by atoms with Crippen LogP contribution in [0.2, 0.25) is 0 Å². The predicted octanol–water partition coefficient (Wildman–Crippen LogP) is 5.39. The number of hydrogen-bond donors (Lipinski definition) is 0. The SMILES string of the molecule is CCCCCCOP(=O)(CCCCCC)OCC. The van der Waals surface area contributed by atoms with E-state index in [1.807, 2.05) is 6.92 Å². The minimum atomic E-state index is -2.81. The summed E-state index contributed by atoms with van der Waals surface area (Å²) in [5.41, 5.74) is 0. The number of unbranched alkanes of at least 4 members (excludes halogenated alkanes) is 6. The van der Waals surface area contributed by atoms with Gasteiger partial charge in [-0.05, 0) is 19.8 Å². The standard InChI is InChI=1S/C14H31O3P/c1-4-7-9-11-13-17-18(15,16-6-3)14-12-10-8-5-2/h4-14H2,1-3H3. The largest absolute Gasteiger partial charge is 0.330 e. The van der Waals surface area contributed by atoms with Gasteiger partial charge >= 0.3 is 7.60 Å². The monoisotopic (exact) mass is 278 g/mol. The Balaban J connectivity index is 3.82. The molecule has 0 bridgehead atoms. The van der Waals surface area contributed by atoms with Crippen molar-refractivity contribution in [2.24, 2.45) is 0 Å². The fourth-order valence-corrected chi connectivity index (χ4v) is 3.57. The first kappa shape index (κ1) is 18.1. The summed E-state index contributed by atoms with van der Waals surface area (Å²) in [6.07, 6.45) is 9.60. The van der Waals surface area contributed by atoms with Gasteiger partial charge in [0.05, 0.1) is 19.4 Å². The second-order valence-corrected chi connectivity index (χ2v) is 6.89. The third-order valence-electron chi connectivity index (χ3n) is 2.90. The molecule has 1 atom stereocenters. The van der Waals surface area contributed by atoms with Gasteiger partial charge in [-0.25, -0.2) is 0 Å². The number of rotatable bonds is 13. The lowest BCUT2D eigenvalue weighted by molar-refractivity contribution is 0.207. The lowest BCUT2D eigenvalue weighted by Gasteiger charge is -2.17. The zero-order chi connectivity index (χ0) is 13.7. The smallest absolute Gasteiger partial charge is 0.309 e. The fourth-order valence-electron chi connectivity index (χ4n) is 1.83. The van der Waals surface area contributed by atoms with E-state index in [2.05, 4.69) is 13.8 Å². The molecule has 4 heteroatoms. The lowest BCUT2D eigenvalue weighted by Crippen LogP contribution is -2.02. The molecular formula is C14H31O3P. The molecule has 18 heavy (non-hydrogen) atoms. The van der Waals surface area contributed by atoms with Crippen LogP contribution in [0.4, 0.5) is 0 Å². The zero-order valence-electron chi connectivity index (χ0n) is 12.5. The maximum atomic E-state index is 12.4. The van der Waals surface area contributed by atoms with Crippen LogP contribution in [0.3, 0.4) is 0 Å². The fraction of sp³-hybridized carbons (Fsp3) is 1.00. The molecule has 0 radical (unpaired) electrons. The highest BCUT2D eigenvalue weighted by Crippen LogP contribution is 2.49. The molecule has 0 saturated heterocycles. The van der Waals surface area contributed by atoms with Crippen molar-refractivity contribution in [3.05, 3.63) is 0 Å². The summed E-state index contributed by atoms with van der Waals surface area (Å²) in [6.45, 7) is 7.27. The molecule has 1 unspecified atom stereocenters. The van der Waals surface area contributed by atoms with E-state index in [0.29, 0.717) is 19.4 Å². The van der Waals surface area contributed by atoms with Crippen LogP contribution in [-0.2, 0) is 13.6 Å². The first-order chi connectivity index (χ1) is 8.68. The van der Waals surface area contributed by atoms with Crippen LogP contribution in [0.1, 0.15) is 72.1 Å². The van der Waals surface area contributed by atoms with E-state index in [9.17, 15) is 4.57 Å². The van der Waals surface area contributed by atoms with E-state index < -0.39 is 7.60 Å². The average molecular weight is 278 g/mol. The maximum Gasteiger partial charge on any atom is 0.330 e. The van der Waals surface area contributed by atoms with Crippen molar-refractivity contribution < 1.29 is 13.6 Å². The van der Waals surface area contributed by atoms with Gasteiger partial charge in [0.1, 0.15) is 0 Å². The highest BCUT2D eigenvalue weighted by atomic mass is 31.2. The van der Waals surface area contributed by atoms with Crippen LogP contribution in [-0.4, -0.2) is 19.4 Å². The molecule has 0 aromatic rings. The summed E-state index contributed by atoms with van der Waals surface area (Å²) in [5.74, 6) is 0. The lowest BCUT2D eigenvalue weighted by atomic mass is 10.2. The third-order valence-corrected chi connectivity index (χ3v) is 4.99. The van der Waals surface area contributed by atoms with E-state index in [1.54, 1.807) is 0 Å². The van der Waals surface area contributed by atoms with Crippen LogP contribution >= 0.6 is 7.60 Å². The van der Waals surface area contributed by atoms with Gasteiger partial charge in [0, 0.05) is 0 Å². The van der Waals surface area contributed by atoms with Crippen molar-refractivity contribution in [1.82, 2.24) is 0 Å². The summed E-state index contributed by atoms with van der Waals surface area (Å²) >= 11 is 0. The Bertz CT molecular complexity index is 219. The van der Waals surface area contributed by atoms with E-state index >= 15 is 0 Å².